The smallest absolute Gasteiger partial charge is 0.412 e. The highest BCUT2D eigenvalue weighted by Crippen LogP contribution is 2.45. The first-order chi connectivity index (χ1) is 16.8. The number of rotatable bonds is 5. The molecule has 6 heteroatoms. The molecule has 5 nitrogen and oxygen atoms in total. The van der Waals surface area contributed by atoms with Gasteiger partial charge in [-0.05, 0) is 54.2 Å². The Kier molecular flexibility index (Phi) is 5.91. The van der Waals surface area contributed by atoms with E-state index in [-0.39, 0.29) is 23.1 Å². The van der Waals surface area contributed by atoms with Crippen molar-refractivity contribution >= 4 is 28.4 Å². The zero-order chi connectivity index (χ0) is 24.7. The van der Waals surface area contributed by atoms with Crippen LogP contribution >= 0.6 is 11.3 Å². The number of carbonyl (C=O) groups excluding carboxylic acids is 1. The summed E-state index contributed by atoms with van der Waals surface area (Å²) in [6.45, 7) is 5.99. The Hall–Kier alpha value is -3.90. The molecule has 0 saturated carbocycles. The molecule has 0 atom stereocenters. The minimum atomic E-state index is -1.08. The highest BCUT2D eigenvalue weighted by Gasteiger charge is 2.30. The number of nitrogens with one attached hydrogen (secondary N) is 1. The van der Waals surface area contributed by atoms with Crippen LogP contribution in [-0.2, 0) is 4.74 Å². The van der Waals surface area contributed by atoms with Crippen LogP contribution in [0.4, 0.5) is 9.80 Å². The van der Waals surface area contributed by atoms with Crippen molar-refractivity contribution in [3.63, 3.8) is 0 Å². The van der Waals surface area contributed by atoms with Gasteiger partial charge in [-0.3, -0.25) is 5.32 Å². The molecule has 0 unspecified atom stereocenters. The van der Waals surface area contributed by atoms with E-state index < -0.39 is 12.1 Å². The van der Waals surface area contributed by atoms with Crippen LogP contribution in [0.15, 0.2) is 66.7 Å². The number of thiophene rings is 1. The van der Waals surface area contributed by atoms with Gasteiger partial charge >= 0.3 is 12.1 Å². The molecule has 1 aliphatic rings. The average Bonchev–Trinajstić information content (AvgIpc) is 3.32. The van der Waals surface area contributed by atoms with Crippen molar-refractivity contribution in [1.82, 2.24) is 0 Å². The van der Waals surface area contributed by atoms with Crippen molar-refractivity contribution in [1.29, 1.82) is 0 Å². The van der Waals surface area contributed by atoms with Crippen molar-refractivity contribution in [2.45, 2.75) is 26.7 Å². The molecule has 0 bridgehead atoms. The van der Waals surface area contributed by atoms with Gasteiger partial charge in [0.1, 0.15) is 17.2 Å². The number of aromatic carboxylic acids is 1. The van der Waals surface area contributed by atoms with Gasteiger partial charge in [0.25, 0.3) is 0 Å². The van der Waals surface area contributed by atoms with Crippen LogP contribution in [0.5, 0.6) is 0 Å². The predicted octanol–water partition coefficient (Wildman–Crippen LogP) is 7.40. The molecule has 0 aliphatic heterocycles. The standard InChI is InChI=1S/C29H25NO4S/c1-16-12-13-19(17(2)14-16)25-18(3)35-27(26(25)28(31)32)30-29(33)34-15-24-22-10-6-4-8-20(22)21-9-5-7-11-23(21)24/h4-14,24H,15H2,1-3H3,(H,30,33)(H,31,32). The third-order valence-corrected chi connectivity index (χ3v) is 7.53. The van der Waals surface area contributed by atoms with Gasteiger partial charge in [0.15, 0.2) is 0 Å². The molecule has 5 rings (SSSR count). The molecule has 0 fully saturated rings. The molecule has 0 saturated heterocycles. The third-order valence-electron chi connectivity index (χ3n) is 6.51. The number of carbonyl (C=O) groups is 2. The van der Waals surface area contributed by atoms with E-state index in [9.17, 15) is 14.7 Å². The minimum Gasteiger partial charge on any atom is -0.478 e. The van der Waals surface area contributed by atoms with Gasteiger partial charge in [0, 0.05) is 16.4 Å². The molecule has 0 spiro atoms. The fraction of sp³-hybridized carbons (Fsp3) is 0.172. The molecule has 2 N–H and O–H groups in total. The first kappa shape index (κ1) is 22.9. The molecule has 1 heterocycles. The van der Waals surface area contributed by atoms with Crippen LogP contribution in [0.25, 0.3) is 22.3 Å². The Labute approximate surface area is 208 Å². The predicted molar refractivity (Wildman–Crippen MR) is 140 cm³/mol. The maximum Gasteiger partial charge on any atom is 0.412 e. The number of anilines is 1. The third kappa shape index (κ3) is 4.10. The Bertz CT molecular complexity index is 1420. The quantitative estimate of drug-likeness (QED) is 0.310. The van der Waals surface area contributed by atoms with Crippen LogP contribution in [0.3, 0.4) is 0 Å². The first-order valence-electron chi connectivity index (χ1n) is 11.4. The van der Waals surface area contributed by atoms with Crippen molar-refractivity contribution in [3.05, 3.63) is 99.4 Å². The van der Waals surface area contributed by atoms with E-state index in [4.69, 9.17) is 4.74 Å². The topological polar surface area (TPSA) is 75.6 Å². The zero-order valence-electron chi connectivity index (χ0n) is 19.7. The lowest BCUT2D eigenvalue weighted by atomic mass is 9.96. The van der Waals surface area contributed by atoms with E-state index in [0.717, 1.165) is 43.8 Å². The van der Waals surface area contributed by atoms with E-state index in [2.05, 4.69) is 29.6 Å². The Morgan fingerprint density at radius 2 is 1.54 bits per heavy atom. The number of hydrogen-bond acceptors (Lipinski definition) is 4. The number of aryl methyl sites for hydroxylation is 3. The van der Waals surface area contributed by atoms with Crippen molar-refractivity contribution in [3.8, 4) is 22.3 Å². The maximum absolute atomic E-state index is 12.8. The van der Waals surface area contributed by atoms with Crippen molar-refractivity contribution in [2.24, 2.45) is 0 Å². The molecular weight excluding hydrogens is 458 g/mol. The lowest BCUT2D eigenvalue weighted by Gasteiger charge is -2.14. The van der Waals surface area contributed by atoms with E-state index >= 15 is 0 Å². The second-order valence-electron chi connectivity index (χ2n) is 8.81. The fourth-order valence-electron chi connectivity index (χ4n) is 4.98. The molecular formula is C29H25NO4S. The molecule has 35 heavy (non-hydrogen) atoms. The Morgan fingerprint density at radius 3 is 2.14 bits per heavy atom. The highest BCUT2D eigenvalue weighted by molar-refractivity contribution is 7.17. The summed E-state index contributed by atoms with van der Waals surface area (Å²) < 4.78 is 5.64. The highest BCUT2D eigenvalue weighted by atomic mass is 32.1. The lowest BCUT2D eigenvalue weighted by molar-refractivity contribution is 0.0699. The normalized spacial score (nSPS) is 12.2. The van der Waals surface area contributed by atoms with Gasteiger partial charge in [0.2, 0.25) is 0 Å². The number of ether oxygens (including phenoxy) is 1. The summed E-state index contributed by atoms with van der Waals surface area (Å²) in [5.74, 6) is -1.15. The largest absolute Gasteiger partial charge is 0.478 e. The van der Waals surface area contributed by atoms with Crippen LogP contribution in [-0.4, -0.2) is 23.8 Å². The van der Waals surface area contributed by atoms with Gasteiger partial charge in [-0.1, -0.05) is 72.3 Å². The zero-order valence-corrected chi connectivity index (χ0v) is 20.5. The average molecular weight is 484 g/mol. The molecule has 0 radical (unpaired) electrons. The monoisotopic (exact) mass is 483 g/mol. The summed E-state index contributed by atoms with van der Waals surface area (Å²) in [5, 5.41) is 13.0. The van der Waals surface area contributed by atoms with Gasteiger partial charge in [-0.25, -0.2) is 9.59 Å². The summed E-state index contributed by atoms with van der Waals surface area (Å²) in [6, 6.07) is 22.2. The number of carboxylic acid groups (broad SMARTS) is 1. The van der Waals surface area contributed by atoms with Crippen molar-refractivity contribution in [2.75, 3.05) is 11.9 Å². The van der Waals surface area contributed by atoms with Crippen LogP contribution in [0.2, 0.25) is 0 Å². The molecule has 1 aromatic heterocycles. The fourth-order valence-corrected chi connectivity index (χ4v) is 6.03. The summed E-state index contributed by atoms with van der Waals surface area (Å²) in [5.41, 5.74) is 8.21. The lowest BCUT2D eigenvalue weighted by Crippen LogP contribution is -2.18. The summed E-state index contributed by atoms with van der Waals surface area (Å²) in [7, 11) is 0. The molecule has 3 aromatic carbocycles. The minimum absolute atomic E-state index is 0.0667. The van der Waals surface area contributed by atoms with Gasteiger partial charge in [-0.2, -0.15) is 0 Å². The summed E-state index contributed by atoms with van der Waals surface area (Å²) >= 11 is 1.25. The van der Waals surface area contributed by atoms with Gasteiger partial charge in [-0.15, -0.1) is 11.3 Å². The maximum atomic E-state index is 12.8. The number of amides is 1. The van der Waals surface area contributed by atoms with Crippen LogP contribution in [0.1, 0.15) is 43.4 Å². The first-order valence-corrected chi connectivity index (χ1v) is 12.2. The Morgan fingerprint density at radius 1 is 0.914 bits per heavy atom. The second kappa shape index (κ2) is 9.04. The number of carboxylic acids is 1. The number of benzene rings is 3. The van der Waals surface area contributed by atoms with Gasteiger partial charge < -0.3 is 9.84 Å². The molecule has 1 amide bonds. The van der Waals surface area contributed by atoms with E-state index in [1.165, 1.54) is 11.3 Å². The van der Waals surface area contributed by atoms with E-state index in [1.807, 2.05) is 63.2 Å². The van der Waals surface area contributed by atoms with Crippen LogP contribution in [0, 0.1) is 20.8 Å². The molecule has 176 valence electrons. The SMILES string of the molecule is Cc1ccc(-c2c(C)sc(NC(=O)OCC3c4ccccc4-c4ccccc43)c2C(=O)O)c(C)c1. The van der Waals surface area contributed by atoms with Crippen molar-refractivity contribution < 1.29 is 19.4 Å². The number of hydrogen-bond donors (Lipinski definition) is 2. The Balaban J connectivity index is 1.39. The summed E-state index contributed by atoms with van der Waals surface area (Å²) in [6.07, 6.45) is -0.664. The van der Waals surface area contributed by atoms with E-state index in [1.54, 1.807) is 0 Å². The molecule has 1 aliphatic carbocycles. The summed E-state index contributed by atoms with van der Waals surface area (Å²) in [4.78, 5) is 25.9. The van der Waals surface area contributed by atoms with E-state index in [0.29, 0.717) is 5.56 Å². The second-order valence-corrected chi connectivity index (χ2v) is 10.0. The molecule has 4 aromatic rings. The number of fused-ring (bicyclic) bond motifs is 3. The van der Waals surface area contributed by atoms with Gasteiger partial charge in [0.05, 0.1) is 0 Å². The van der Waals surface area contributed by atoms with Crippen LogP contribution < -0.4 is 5.32 Å².